The van der Waals surface area contributed by atoms with Crippen LogP contribution in [0.25, 0.3) is 0 Å². The fraction of sp³-hybridized carbons (Fsp3) is 0.714. The van der Waals surface area contributed by atoms with Crippen molar-refractivity contribution in [2.75, 3.05) is 101 Å². The zero-order chi connectivity index (χ0) is 22.5. The number of benzene rings is 1. The molecule has 0 aliphatic heterocycles. The molecule has 0 heterocycles. The molecule has 0 aliphatic carbocycles. The van der Waals surface area contributed by atoms with E-state index < -0.39 is 8.80 Å². The Morgan fingerprint density at radius 2 is 0.839 bits per heavy atom. The van der Waals surface area contributed by atoms with Gasteiger partial charge in [-0.15, -0.1) is 0 Å². The van der Waals surface area contributed by atoms with Crippen molar-refractivity contribution < 1.29 is 41.7 Å². The minimum Gasteiger partial charge on any atom is -0.382 e. The molecule has 0 saturated carbocycles. The number of hydrogen-bond donors (Lipinski definition) is 0. The van der Waals surface area contributed by atoms with Crippen molar-refractivity contribution in [1.29, 1.82) is 0 Å². The fourth-order valence-electron chi connectivity index (χ4n) is 2.46. The van der Waals surface area contributed by atoms with Crippen LogP contribution in [0.2, 0.25) is 0 Å². The zero-order valence-electron chi connectivity index (χ0n) is 19.0. The highest BCUT2D eigenvalue weighted by Gasteiger charge is 2.44. The lowest BCUT2D eigenvalue weighted by atomic mass is 10.4. The number of ether oxygens (including phenoxy) is 6. The molecule has 180 valence electrons. The van der Waals surface area contributed by atoms with Crippen LogP contribution in [0, 0.1) is 0 Å². The molecule has 1 aromatic rings. The van der Waals surface area contributed by atoms with Crippen LogP contribution in [0.1, 0.15) is 0 Å². The van der Waals surface area contributed by atoms with Gasteiger partial charge in [0.25, 0.3) is 0 Å². The standard InChI is InChI=1S/C21H38O9Si/c1-22-9-12-25-15-18-28-31(21-7-5-4-6-8-21,29-19-16-26-13-10-23-2)30-20-17-27-14-11-24-3/h4-8H,9-20H2,1-3H3. The van der Waals surface area contributed by atoms with Crippen LogP contribution in [-0.2, 0) is 41.7 Å². The van der Waals surface area contributed by atoms with Gasteiger partial charge in [0.15, 0.2) is 0 Å². The highest BCUT2D eigenvalue weighted by Crippen LogP contribution is 2.11. The van der Waals surface area contributed by atoms with Crippen molar-refractivity contribution in [3.05, 3.63) is 30.3 Å². The molecule has 0 radical (unpaired) electrons. The van der Waals surface area contributed by atoms with E-state index in [0.717, 1.165) is 5.19 Å². The van der Waals surface area contributed by atoms with Gasteiger partial charge in [0.2, 0.25) is 0 Å². The van der Waals surface area contributed by atoms with Gasteiger partial charge in [0, 0.05) is 26.5 Å². The molecule has 0 amide bonds. The Hall–Kier alpha value is -0.923. The van der Waals surface area contributed by atoms with Gasteiger partial charge in [0.1, 0.15) is 0 Å². The summed E-state index contributed by atoms with van der Waals surface area (Å²) in [5.74, 6) is 0. The predicted molar refractivity (Wildman–Crippen MR) is 118 cm³/mol. The van der Waals surface area contributed by atoms with E-state index in [1.165, 1.54) is 0 Å². The minimum absolute atomic E-state index is 0.333. The van der Waals surface area contributed by atoms with Crippen molar-refractivity contribution in [3.8, 4) is 0 Å². The summed E-state index contributed by atoms with van der Waals surface area (Å²) in [4.78, 5) is 0. The molecule has 0 fully saturated rings. The maximum absolute atomic E-state index is 6.22. The molecular weight excluding hydrogens is 424 g/mol. The lowest BCUT2D eigenvalue weighted by Crippen LogP contribution is -2.58. The molecule has 0 unspecified atom stereocenters. The molecular formula is C21H38O9Si. The largest absolute Gasteiger partial charge is 0.537 e. The summed E-state index contributed by atoms with van der Waals surface area (Å²) in [6.45, 7) is 5.33. The average Bonchev–Trinajstić information content (AvgIpc) is 2.80. The molecule has 0 aliphatic rings. The molecule has 0 atom stereocenters. The van der Waals surface area contributed by atoms with Gasteiger partial charge in [-0.2, -0.15) is 0 Å². The second kappa shape index (κ2) is 19.7. The molecule has 0 spiro atoms. The summed E-state index contributed by atoms with van der Waals surface area (Å²) in [6.07, 6.45) is 0. The van der Waals surface area contributed by atoms with Crippen molar-refractivity contribution >= 4 is 14.0 Å². The first-order chi connectivity index (χ1) is 15.3. The quantitative estimate of drug-likeness (QED) is 0.184. The Balaban J connectivity index is 2.71. The first-order valence-electron chi connectivity index (χ1n) is 10.5. The van der Waals surface area contributed by atoms with Crippen LogP contribution in [-0.4, -0.2) is 109 Å². The summed E-state index contributed by atoms with van der Waals surface area (Å²) in [5.41, 5.74) is 0. The Kier molecular flexibility index (Phi) is 17.9. The normalized spacial score (nSPS) is 11.8. The third kappa shape index (κ3) is 13.3. The van der Waals surface area contributed by atoms with Crippen molar-refractivity contribution in [2.24, 2.45) is 0 Å². The molecule has 0 saturated heterocycles. The van der Waals surface area contributed by atoms with E-state index in [9.17, 15) is 0 Å². The second-order valence-electron chi connectivity index (χ2n) is 6.28. The third-order valence-corrected chi connectivity index (χ3v) is 6.77. The Labute approximate surface area is 187 Å². The monoisotopic (exact) mass is 462 g/mol. The number of rotatable bonds is 22. The van der Waals surface area contributed by atoms with Crippen molar-refractivity contribution in [3.63, 3.8) is 0 Å². The van der Waals surface area contributed by atoms with E-state index >= 15 is 0 Å². The second-order valence-corrected chi connectivity index (χ2v) is 8.84. The third-order valence-electron chi connectivity index (χ3n) is 3.98. The highest BCUT2D eigenvalue weighted by atomic mass is 28.4. The van der Waals surface area contributed by atoms with Gasteiger partial charge in [-0.25, -0.2) is 0 Å². The number of methoxy groups -OCH3 is 3. The highest BCUT2D eigenvalue weighted by molar-refractivity contribution is 6.75. The summed E-state index contributed by atoms with van der Waals surface area (Å²) in [6, 6.07) is 9.72. The van der Waals surface area contributed by atoms with E-state index in [1.807, 2.05) is 30.3 Å². The Bertz CT molecular complexity index is 466. The molecule has 9 nitrogen and oxygen atoms in total. The molecule has 0 aromatic heterocycles. The lowest BCUT2D eigenvalue weighted by Gasteiger charge is -2.30. The van der Waals surface area contributed by atoms with Gasteiger partial charge < -0.3 is 41.7 Å². The van der Waals surface area contributed by atoms with Crippen LogP contribution < -0.4 is 5.19 Å². The maximum Gasteiger partial charge on any atom is 0.537 e. The van der Waals surface area contributed by atoms with Crippen LogP contribution in [0.5, 0.6) is 0 Å². The topological polar surface area (TPSA) is 83.1 Å². The Morgan fingerprint density at radius 1 is 0.484 bits per heavy atom. The molecule has 31 heavy (non-hydrogen) atoms. The van der Waals surface area contributed by atoms with Gasteiger partial charge in [-0.3, -0.25) is 0 Å². The van der Waals surface area contributed by atoms with E-state index in [4.69, 9.17) is 41.7 Å². The molecule has 0 bridgehead atoms. The zero-order valence-corrected chi connectivity index (χ0v) is 20.0. The maximum atomic E-state index is 6.22. The molecule has 1 aromatic carbocycles. The van der Waals surface area contributed by atoms with Crippen LogP contribution >= 0.6 is 0 Å². The lowest BCUT2D eigenvalue weighted by molar-refractivity contribution is -0.00451. The van der Waals surface area contributed by atoms with E-state index in [1.54, 1.807) is 21.3 Å². The van der Waals surface area contributed by atoms with Gasteiger partial charge in [-0.05, 0) is 0 Å². The average molecular weight is 463 g/mol. The van der Waals surface area contributed by atoms with Crippen LogP contribution in [0.3, 0.4) is 0 Å². The minimum atomic E-state index is -3.21. The van der Waals surface area contributed by atoms with Crippen LogP contribution in [0.4, 0.5) is 0 Å². The predicted octanol–water partition coefficient (Wildman–Crippen LogP) is 0.871. The van der Waals surface area contributed by atoms with E-state index in [2.05, 4.69) is 0 Å². The molecule has 1 rings (SSSR count). The SMILES string of the molecule is COCCOCCO[Si](OCCOCCOC)(OCCOCCOC)c1ccccc1. The van der Waals surface area contributed by atoms with Gasteiger partial charge in [0.05, 0.1) is 79.3 Å². The van der Waals surface area contributed by atoms with E-state index in [-0.39, 0.29) is 0 Å². The fourth-order valence-corrected chi connectivity index (χ4v) is 4.86. The summed E-state index contributed by atoms with van der Waals surface area (Å²) in [5, 5.41) is 0.876. The van der Waals surface area contributed by atoms with Crippen LogP contribution in [0.15, 0.2) is 30.3 Å². The summed E-state index contributed by atoms with van der Waals surface area (Å²) in [7, 11) is 1.70. The first-order valence-corrected chi connectivity index (χ1v) is 12.2. The smallest absolute Gasteiger partial charge is 0.382 e. The molecule has 0 N–H and O–H groups in total. The van der Waals surface area contributed by atoms with Crippen molar-refractivity contribution in [1.82, 2.24) is 0 Å². The number of hydrogen-bond acceptors (Lipinski definition) is 9. The van der Waals surface area contributed by atoms with Crippen molar-refractivity contribution in [2.45, 2.75) is 0 Å². The van der Waals surface area contributed by atoms with E-state index in [0.29, 0.717) is 79.3 Å². The van der Waals surface area contributed by atoms with Gasteiger partial charge >= 0.3 is 8.80 Å². The Morgan fingerprint density at radius 3 is 1.19 bits per heavy atom. The summed E-state index contributed by atoms with van der Waals surface area (Å²) < 4.78 is 50.2. The summed E-state index contributed by atoms with van der Waals surface area (Å²) >= 11 is 0. The van der Waals surface area contributed by atoms with Gasteiger partial charge in [-0.1, -0.05) is 30.3 Å². The first kappa shape index (κ1) is 28.1. The molecule has 10 heteroatoms.